The lowest BCUT2D eigenvalue weighted by atomic mass is 10.1. The predicted octanol–water partition coefficient (Wildman–Crippen LogP) is 2.91. The fraction of sp³-hybridized carbons (Fsp3) is 0.538. The summed E-state index contributed by atoms with van der Waals surface area (Å²) in [5, 5.41) is 3.99. The normalized spacial score (nSPS) is 19.9. The van der Waals surface area contributed by atoms with Crippen LogP contribution in [0.5, 0.6) is 0 Å². The SMILES string of the molecule is CCNCC1CCN(c2cc(F)ccc2Cl)C1. The van der Waals surface area contributed by atoms with Gasteiger partial charge in [0, 0.05) is 13.1 Å². The molecule has 1 N–H and O–H groups in total. The van der Waals surface area contributed by atoms with E-state index < -0.39 is 0 Å². The van der Waals surface area contributed by atoms with Crippen LogP contribution in [-0.4, -0.2) is 26.2 Å². The van der Waals surface area contributed by atoms with Crippen molar-refractivity contribution in [1.82, 2.24) is 5.32 Å². The molecule has 1 fully saturated rings. The number of anilines is 1. The molecule has 1 aromatic rings. The zero-order valence-electron chi connectivity index (χ0n) is 10.0. The lowest BCUT2D eigenvalue weighted by molar-refractivity contribution is 0.527. The van der Waals surface area contributed by atoms with E-state index in [2.05, 4.69) is 17.1 Å². The highest BCUT2D eigenvalue weighted by molar-refractivity contribution is 6.33. The van der Waals surface area contributed by atoms with Gasteiger partial charge in [0.1, 0.15) is 5.82 Å². The summed E-state index contributed by atoms with van der Waals surface area (Å²) in [6.45, 7) is 6.04. The zero-order valence-corrected chi connectivity index (χ0v) is 10.8. The van der Waals surface area contributed by atoms with Gasteiger partial charge in [-0.3, -0.25) is 0 Å². The van der Waals surface area contributed by atoms with Crippen LogP contribution in [0.25, 0.3) is 0 Å². The Labute approximate surface area is 107 Å². The monoisotopic (exact) mass is 256 g/mol. The van der Waals surface area contributed by atoms with Crippen LogP contribution in [0.4, 0.5) is 10.1 Å². The lowest BCUT2D eigenvalue weighted by Crippen LogP contribution is -2.26. The first-order valence-corrected chi connectivity index (χ1v) is 6.49. The van der Waals surface area contributed by atoms with Gasteiger partial charge >= 0.3 is 0 Å². The van der Waals surface area contributed by atoms with Crippen LogP contribution in [0.3, 0.4) is 0 Å². The predicted molar refractivity (Wildman–Crippen MR) is 70.3 cm³/mol. The summed E-state index contributed by atoms with van der Waals surface area (Å²) in [5.41, 5.74) is 0.825. The molecular formula is C13H18ClFN2. The standard InChI is InChI=1S/C13H18ClFN2/c1-2-16-8-10-5-6-17(9-10)13-7-11(15)3-4-12(13)14/h3-4,7,10,16H,2,5-6,8-9H2,1H3. The molecule has 1 atom stereocenters. The molecule has 1 saturated heterocycles. The molecule has 1 heterocycles. The minimum absolute atomic E-state index is 0.223. The minimum atomic E-state index is -0.223. The van der Waals surface area contributed by atoms with E-state index in [0.717, 1.165) is 38.3 Å². The molecule has 0 bridgehead atoms. The summed E-state index contributed by atoms with van der Waals surface area (Å²) in [5.74, 6) is 0.411. The number of benzene rings is 1. The largest absolute Gasteiger partial charge is 0.370 e. The Morgan fingerprint density at radius 3 is 3.12 bits per heavy atom. The van der Waals surface area contributed by atoms with E-state index in [9.17, 15) is 4.39 Å². The zero-order chi connectivity index (χ0) is 12.3. The van der Waals surface area contributed by atoms with E-state index in [4.69, 9.17) is 11.6 Å². The van der Waals surface area contributed by atoms with Gasteiger partial charge in [-0.05, 0) is 43.6 Å². The second-order valence-electron chi connectivity index (χ2n) is 4.50. The Morgan fingerprint density at radius 1 is 1.53 bits per heavy atom. The van der Waals surface area contributed by atoms with Crippen molar-refractivity contribution >= 4 is 17.3 Å². The molecular weight excluding hydrogens is 239 g/mol. The summed E-state index contributed by atoms with van der Waals surface area (Å²) in [4.78, 5) is 2.17. The fourth-order valence-electron chi connectivity index (χ4n) is 2.29. The number of halogens is 2. The maximum absolute atomic E-state index is 13.2. The third-order valence-corrected chi connectivity index (χ3v) is 3.54. The van der Waals surface area contributed by atoms with Crippen LogP contribution in [0.2, 0.25) is 5.02 Å². The number of hydrogen-bond acceptors (Lipinski definition) is 2. The highest BCUT2D eigenvalue weighted by atomic mass is 35.5. The van der Waals surface area contributed by atoms with Crippen molar-refractivity contribution in [2.45, 2.75) is 13.3 Å². The van der Waals surface area contributed by atoms with Gasteiger partial charge in [0.25, 0.3) is 0 Å². The number of nitrogens with zero attached hydrogens (tertiary/aromatic N) is 1. The van der Waals surface area contributed by atoms with Gasteiger partial charge in [0.05, 0.1) is 10.7 Å². The Balaban J connectivity index is 2.02. The van der Waals surface area contributed by atoms with Crippen LogP contribution < -0.4 is 10.2 Å². The van der Waals surface area contributed by atoms with Crippen LogP contribution in [0.15, 0.2) is 18.2 Å². The number of hydrogen-bond donors (Lipinski definition) is 1. The maximum Gasteiger partial charge on any atom is 0.125 e. The lowest BCUT2D eigenvalue weighted by Gasteiger charge is -2.20. The first-order chi connectivity index (χ1) is 8.20. The Bertz CT molecular complexity index is 384. The molecule has 17 heavy (non-hydrogen) atoms. The average molecular weight is 257 g/mol. The van der Waals surface area contributed by atoms with Gasteiger partial charge in [0.2, 0.25) is 0 Å². The van der Waals surface area contributed by atoms with Crippen LogP contribution in [0.1, 0.15) is 13.3 Å². The molecule has 4 heteroatoms. The summed E-state index contributed by atoms with van der Waals surface area (Å²) >= 11 is 6.10. The Morgan fingerprint density at radius 2 is 2.35 bits per heavy atom. The molecule has 2 rings (SSSR count). The molecule has 1 aromatic carbocycles. The second kappa shape index (κ2) is 5.69. The molecule has 1 unspecified atom stereocenters. The quantitative estimate of drug-likeness (QED) is 0.891. The molecule has 0 aliphatic carbocycles. The van der Waals surface area contributed by atoms with E-state index in [-0.39, 0.29) is 5.82 Å². The Kier molecular flexibility index (Phi) is 4.24. The fourth-order valence-corrected chi connectivity index (χ4v) is 2.53. The first kappa shape index (κ1) is 12.7. The van der Waals surface area contributed by atoms with E-state index in [1.807, 2.05) is 0 Å². The van der Waals surface area contributed by atoms with Crippen molar-refractivity contribution < 1.29 is 4.39 Å². The van der Waals surface area contributed by atoms with Crippen molar-refractivity contribution in [2.24, 2.45) is 5.92 Å². The van der Waals surface area contributed by atoms with Gasteiger partial charge in [-0.2, -0.15) is 0 Å². The van der Waals surface area contributed by atoms with Crippen molar-refractivity contribution in [3.05, 3.63) is 29.0 Å². The van der Waals surface area contributed by atoms with Crippen molar-refractivity contribution in [3.8, 4) is 0 Å². The molecule has 0 spiro atoms. The van der Waals surface area contributed by atoms with Gasteiger partial charge < -0.3 is 10.2 Å². The summed E-state index contributed by atoms with van der Waals surface area (Å²) in [6.07, 6.45) is 1.14. The number of nitrogens with one attached hydrogen (secondary N) is 1. The maximum atomic E-state index is 13.2. The second-order valence-corrected chi connectivity index (χ2v) is 4.91. The van der Waals surface area contributed by atoms with Crippen LogP contribution in [-0.2, 0) is 0 Å². The van der Waals surface area contributed by atoms with Crippen molar-refractivity contribution in [1.29, 1.82) is 0 Å². The highest BCUT2D eigenvalue weighted by Gasteiger charge is 2.23. The van der Waals surface area contributed by atoms with E-state index in [0.29, 0.717) is 10.9 Å². The third kappa shape index (κ3) is 3.11. The van der Waals surface area contributed by atoms with Gasteiger partial charge in [0.15, 0.2) is 0 Å². The van der Waals surface area contributed by atoms with Gasteiger partial charge in [-0.25, -0.2) is 4.39 Å². The molecule has 94 valence electrons. The summed E-state index contributed by atoms with van der Waals surface area (Å²) in [7, 11) is 0. The molecule has 1 aliphatic rings. The molecule has 1 aliphatic heterocycles. The van der Waals surface area contributed by atoms with Gasteiger partial charge in [-0.1, -0.05) is 18.5 Å². The molecule has 0 aromatic heterocycles. The molecule has 0 amide bonds. The van der Waals surface area contributed by atoms with Gasteiger partial charge in [-0.15, -0.1) is 0 Å². The number of rotatable bonds is 4. The van der Waals surface area contributed by atoms with Crippen LogP contribution in [0, 0.1) is 11.7 Å². The Hall–Kier alpha value is -0.800. The average Bonchev–Trinajstić information content (AvgIpc) is 2.78. The van der Waals surface area contributed by atoms with Crippen molar-refractivity contribution in [2.75, 3.05) is 31.1 Å². The van der Waals surface area contributed by atoms with E-state index in [1.165, 1.54) is 12.1 Å². The van der Waals surface area contributed by atoms with E-state index in [1.54, 1.807) is 6.07 Å². The topological polar surface area (TPSA) is 15.3 Å². The smallest absolute Gasteiger partial charge is 0.125 e. The minimum Gasteiger partial charge on any atom is -0.370 e. The molecule has 0 saturated carbocycles. The first-order valence-electron chi connectivity index (χ1n) is 6.11. The summed E-state index contributed by atoms with van der Waals surface area (Å²) in [6, 6.07) is 4.56. The molecule has 2 nitrogen and oxygen atoms in total. The highest BCUT2D eigenvalue weighted by Crippen LogP contribution is 2.30. The van der Waals surface area contributed by atoms with E-state index >= 15 is 0 Å². The summed E-state index contributed by atoms with van der Waals surface area (Å²) < 4.78 is 13.2. The van der Waals surface area contributed by atoms with Crippen LogP contribution >= 0.6 is 11.6 Å². The van der Waals surface area contributed by atoms with Crippen molar-refractivity contribution in [3.63, 3.8) is 0 Å². The third-order valence-electron chi connectivity index (χ3n) is 3.22. The molecule has 0 radical (unpaired) electrons.